The van der Waals surface area contributed by atoms with Crippen LogP contribution in [0.2, 0.25) is 0 Å². The first-order chi connectivity index (χ1) is 13.2. The van der Waals surface area contributed by atoms with Gasteiger partial charge in [0.15, 0.2) is 0 Å². The molecule has 5 nitrogen and oxygen atoms in total. The van der Waals surface area contributed by atoms with E-state index >= 15 is 0 Å². The van der Waals surface area contributed by atoms with Gasteiger partial charge in [0.2, 0.25) is 5.91 Å². The highest BCUT2D eigenvalue weighted by atomic mass is 32.1. The molecule has 1 aliphatic carbocycles. The van der Waals surface area contributed by atoms with Gasteiger partial charge in [-0.2, -0.15) is 0 Å². The molecule has 4 rings (SSSR count). The Hall–Kier alpha value is -1.92. The Morgan fingerprint density at radius 3 is 2.52 bits per heavy atom. The highest BCUT2D eigenvalue weighted by Crippen LogP contribution is 2.28. The molecule has 1 amide bonds. The summed E-state index contributed by atoms with van der Waals surface area (Å²) in [6, 6.07) is 8.04. The molecule has 1 saturated carbocycles. The molecule has 144 valence electrons. The number of benzene rings is 1. The van der Waals surface area contributed by atoms with Crippen molar-refractivity contribution < 1.29 is 9.53 Å². The Labute approximate surface area is 165 Å². The third kappa shape index (κ3) is 4.33. The number of amides is 1. The van der Waals surface area contributed by atoms with Gasteiger partial charge in [-0.3, -0.25) is 9.69 Å². The zero-order valence-electron chi connectivity index (χ0n) is 15.9. The first kappa shape index (κ1) is 18.4. The molecule has 1 saturated heterocycles. The van der Waals surface area contributed by atoms with E-state index in [1.807, 2.05) is 12.1 Å². The third-order valence-corrected chi connectivity index (χ3v) is 6.60. The quantitative estimate of drug-likeness (QED) is 0.788. The molecule has 1 aliphatic heterocycles. The average molecular weight is 386 g/mol. The van der Waals surface area contributed by atoms with Crippen molar-refractivity contribution in [2.75, 3.05) is 33.3 Å². The first-order valence-electron chi connectivity index (χ1n) is 9.83. The Bertz CT molecular complexity index is 760. The van der Waals surface area contributed by atoms with Gasteiger partial charge in [-0.1, -0.05) is 12.8 Å². The maximum absolute atomic E-state index is 12.6. The fourth-order valence-corrected chi connectivity index (χ4v) is 4.85. The van der Waals surface area contributed by atoms with E-state index in [0.29, 0.717) is 11.8 Å². The van der Waals surface area contributed by atoms with Crippen LogP contribution in [0.3, 0.4) is 0 Å². The van der Waals surface area contributed by atoms with Crippen LogP contribution < -0.4 is 4.74 Å². The first-order valence-corrected chi connectivity index (χ1v) is 10.7. The van der Waals surface area contributed by atoms with Gasteiger partial charge < -0.3 is 9.64 Å². The van der Waals surface area contributed by atoms with Crippen LogP contribution in [-0.2, 0) is 11.3 Å². The summed E-state index contributed by atoms with van der Waals surface area (Å²) in [7, 11) is 1.68. The Kier molecular flexibility index (Phi) is 5.74. The topological polar surface area (TPSA) is 45.7 Å². The van der Waals surface area contributed by atoms with Gasteiger partial charge in [0.05, 0.1) is 12.8 Å². The summed E-state index contributed by atoms with van der Waals surface area (Å²) in [6.07, 6.45) is 4.62. The lowest BCUT2D eigenvalue weighted by atomic mass is 10.1. The normalized spacial score (nSPS) is 18.8. The molecule has 2 aromatic rings. The third-order valence-electron chi connectivity index (χ3n) is 5.66. The number of hydrogen-bond donors (Lipinski definition) is 0. The maximum Gasteiger partial charge on any atom is 0.225 e. The summed E-state index contributed by atoms with van der Waals surface area (Å²) in [6.45, 7) is 4.44. The molecule has 2 fully saturated rings. The van der Waals surface area contributed by atoms with Gasteiger partial charge in [-0.05, 0) is 37.1 Å². The van der Waals surface area contributed by atoms with Crippen molar-refractivity contribution in [1.82, 2.24) is 14.8 Å². The summed E-state index contributed by atoms with van der Waals surface area (Å²) < 4.78 is 5.22. The van der Waals surface area contributed by atoms with Crippen molar-refractivity contribution in [1.29, 1.82) is 0 Å². The number of rotatable bonds is 5. The molecule has 0 unspecified atom stereocenters. The van der Waals surface area contributed by atoms with Gasteiger partial charge in [-0.15, -0.1) is 11.3 Å². The predicted octanol–water partition coefficient (Wildman–Crippen LogP) is 3.65. The minimum atomic E-state index is 0.294. The van der Waals surface area contributed by atoms with E-state index in [2.05, 4.69) is 27.3 Å². The lowest BCUT2D eigenvalue weighted by Gasteiger charge is -2.35. The number of nitrogens with zero attached hydrogens (tertiary/aromatic N) is 3. The molecule has 1 aromatic heterocycles. The number of carbonyl (C=O) groups excluding carboxylic acids is 1. The monoisotopic (exact) mass is 385 g/mol. The van der Waals surface area contributed by atoms with Crippen LogP contribution >= 0.6 is 11.3 Å². The second kappa shape index (κ2) is 8.40. The number of hydrogen-bond acceptors (Lipinski definition) is 5. The fraction of sp³-hybridized carbons (Fsp3) is 0.524. The second-order valence-electron chi connectivity index (χ2n) is 7.46. The van der Waals surface area contributed by atoms with Crippen molar-refractivity contribution in [3.05, 3.63) is 35.3 Å². The molecule has 2 aliphatic rings. The Morgan fingerprint density at radius 1 is 1.15 bits per heavy atom. The molecule has 6 heteroatoms. The van der Waals surface area contributed by atoms with Crippen LogP contribution in [0.15, 0.2) is 29.6 Å². The number of piperazine rings is 1. The standard InChI is InChI=1S/C21H27N3O2S/c1-26-19-8-6-16(7-9-19)20-22-18(15-27-20)14-23-10-12-24(13-11-23)21(25)17-4-2-3-5-17/h6-9,15,17H,2-5,10-14H2,1H3. The molecule has 2 heterocycles. The van der Waals surface area contributed by atoms with Crippen LogP contribution in [0.5, 0.6) is 5.75 Å². The molecular formula is C21H27N3O2S. The lowest BCUT2D eigenvalue weighted by molar-refractivity contribution is -0.137. The van der Waals surface area contributed by atoms with Gasteiger partial charge in [0.1, 0.15) is 10.8 Å². The number of methoxy groups -OCH3 is 1. The molecule has 1 aromatic carbocycles. The van der Waals surface area contributed by atoms with E-state index in [9.17, 15) is 4.79 Å². The van der Waals surface area contributed by atoms with Crippen LogP contribution in [0.25, 0.3) is 10.6 Å². The van der Waals surface area contributed by atoms with E-state index in [1.165, 1.54) is 12.8 Å². The van der Waals surface area contributed by atoms with Gasteiger partial charge in [0, 0.05) is 49.6 Å². The highest BCUT2D eigenvalue weighted by Gasteiger charge is 2.29. The van der Waals surface area contributed by atoms with Crippen molar-refractivity contribution >= 4 is 17.2 Å². The SMILES string of the molecule is COc1ccc(-c2nc(CN3CCN(C(=O)C4CCCC4)CC3)cs2)cc1. The fourth-order valence-electron chi connectivity index (χ4n) is 4.03. The van der Waals surface area contributed by atoms with E-state index in [-0.39, 0.29) is 0 Å². The summed E-state index contributed by atoms with van der Waals surface area (Å²) >= 11 is 1.68. The van der Waals surface area contributed by atoms with E-state index in [0.717, 1.165) is 67.6 Å². The number of ether oxygens (including phenoxy) is 1. The Balaban J connectivity index is 1.30. The summed E-state index contributed by atoms with van der Waals surface area (Å²) in [5.74, 6) is 1.55. The Morgan fingerprint density at radius 2 is 1.85 bits per heavy atom. The molecule has 0 radical (unpaired) electrons. The molecule has 27 heavy (non-hydrogen) atoms. The van der Waals surface area contributed by atoms with Gasteiger partial charge in [-0.25, -0.2) is 4.98 Å². The van der Waals surface area contributed by atoms with Gasteiger partial charge in [0.25, 0.3) is 0 Å². The van der Waals surface area contributed by atoms with Crippen LogP contribution in [0.1, 0.15) is 31.4 Å². The second-order valence-corrected chi connectivity index (χ2v) is 8.31. The predicted molar refractivity (Wildman–Crippen MR) is 108 cm³/mol. The average Bonchev–Trinajstić information content (AvgIpc) is 3.40. The molecule has 0 bridgehead atoms. The number of aromatic nitrogens is 1. The van der Waals surface area contributed by atoms with Crippen molar-refractivity contribution in [3.8, 4) is 16.3 Å². The highest BCUT2D eigenvalue weighted by molar-refractivity contribution is 7.13. The van der Waals surface area contributed by atoms with Crippen LogP contribution in [0.4, 0.5) is 0 Å². The van der Waals surface area contributed by atoms with Crippen molar-refractivity contribution in [2.45, 2.75) is 32.2 Å². The smallest absolute Gasteiger partial charge is 0.225 e. The summed E-state index contributed by atoms with van der Waals surface area (Å²) in [5, 5.41) is 3.19. The zero-order chi connectivity index (χ0) is 18.6. The lowest BCUT2D eigenvalue weighted by Crippen LogP contribution is -2.49. The molecule has 0 atom stereocenters. The summed E-state index contributed by atoms with van der Waals surface area (Å²) in [4.78, 5) is 21.8. The number of thiazole rings is 1. The van der Waals surface area contributed by atoms with Crippen LogP contribution in [-0.4, -0.2) is 54.0 Å². The van der Waals surface area contributed by atoms with Gasteiger partial charge >= 0.3 is 0 Å². The molecule has 0 N–H and O–H groups in total. The minimum absolute atomic E-state index is 0.294. The largest absolute Gasteiger partial charge is 0.497 e. The molecule has 0 spiro atoms. The summed E-state index contributed by atoms with van der Waals surface area (Å²) in [5.41, 5.74) is 2.24. The van der Waals surface area contributed by atoms with E-state index in [4.69, 9.17) is 9.72 Å². The zero-order valence-corrected chi connectivity index (χ0v) is 16.7. The molecular weight excluding hydrogens is 358 g/mol. The van der Waals surface area contributed by atoms with Crippen molar-refractivity contribution in [3.63, 3.8) is 0 Å². The number of carbonyl (C=O) groups is 1. The van der Waals surface area contributed by atoms with E-state index < -0.39 is 0 Å². The minimum Gasteiger partial charge on any atom is -0.497 e. The maximum atomic E-state index is 12.6. The van der Waals surface area contributed by atoms with Crippen molar-refractivity contribution in [2.24, 2.45) is 5.92 Å². The van der Waals surface area contributed by atoms with E-state index in [1.54, 1.807) is 18.4 Å². The van der Waals surface area contributed by atoms with Crippen LogP contribution in [0, 0.1) is 5.92 Å².